The Hall–Kier alpha value is -2.86. The molecule has 0 amide bonds. The van der Waals surface area contributed by atoms with Gasteiger partial charge in [-0.25, -0.2) is 9.98 Å². The van der Waals surface area contributed by atoms with Gasteiger partial charge in [0.1, 0.15) is 5.75 Å². The van der Waals surface area contributed by atoms with Gasteiger partial charge in [0.15, 0.2) is 11.5 Å². The van der Waals surface area contributed by atoms with Crippen molar-refractivity contribution in [2.75, 3.05) is 21.3 Å². The first kappa shape index (κ1) is 16.6. The van der Waals surface area contributed by atoms with Gasteiger partial charge < -0.3 is 14.2 Å². The lowest BCUT2D eigenvalue weighted by atomic mass is 10.1. The van der Waals surface area contributed by atoms with Crippen LogP contribution in [0.25, 0.3) is 11.3 Å². The van der Waals surface area contributed by atoms with E-state index in [1.165, 1.54) is 16.0 Å². The molecule has 0 fully saturated rings. The third-order valence-electron chi connectivity index (χ3n) is 4.34. The van der Waals surface area contributed by atoms with Crippen LogP contribution in [-0.4, -0.2) is 32.5 Å². The molecule has 1 heterocycles. The van der Waals surface area contributed by atoms with Gasteiger partial charge in [0.2, 0.25) is 5.13 Å². The smallest absolute Gasteiger partial charge is 0.209 e. The van der Waals surface area contributed by atoms with Crippen molar-refractivity contribution in [3.63, 3.8) is 0 Å². The maximum Gasteiger partial charge on any atom is 0.209 e. The van der Waals surface area contributed by atoms with E-state index in [0.29, 0.717) is 11.5 Å². The van der Waals surface area contributed by atoms with E-state index < -0.39 is 0 Å². The lowest BCUT2D eigenvalue weighted by Gasteiger charge is -2.07. The highest BCUT2D eigenvalue weighted by Crippen LogP contribution is 2.43. The van der Waals surface area contributed by atoms with E-state index in [4.69, 9.17) is 19.2 Å². The molecule has 2 aromatic carbocycles. The van der Waals surface area contributed by atoms with Crippen LogP contribution >= 0.6 is 11.3 Å². The lowest BCUT2D eigenvalue weighted by molar-refractivity contribution is 0.355. The third kappa shape index (κ3) is 2.93. The summed E-state index contributed by atoms with van der Waals surface area (Å²) in [4.78, 5) is 10.5. The Morgan fingerprint density at radius 3 is 2.62 bits per heavy atom. The molecule has 26 heavy (non-hydrogen) atoms. The topological polar surface area (TPSA) is 52.9 Å². The van der Waals surface area contributed by atoms with Crippen molar-refractivity contribution in [1.29, 1.82) is 0 Å². The number of aromatic nitrogens is 1. The predicted octanol–water partition coefficient (Wildman–Crippen LogP) is 4.49. The number of hydrogen-bond donors (Lipinski definition) is 0. The molecule has 3 aromatic rings. The molecule has 0 N–H and O–H groups in total. The second-order valence-electron chi connectivity index (χ2n) is 5.84. The average Bonchev–Trinajstić information content (AvgIpc) is 3.22. The van der Waals surface area contributed by atoms with Crippen LogP contribution in [0.2, 0.25) is 0 Å². The van der Waals surface area contributed by atoms with Crippen molar-refractivity contribution >= 4 is 22.7 Å². The Bertz CT molecular complexity index is 995. The Kier molecular flexibility index (Phi) is 4.34. The van der Waals surface area contributed by atoms with E-state index in [-0.39, 0.29) is 0 Å². The Balaban J connectivity index is 1.59. The minimum Gasteiger partial charge on any atom is -0.497 e. The molecular weight excluding hydrogens is 348 g/mol. The zero-order valence-corrected chi connectivity index (χ0v) is 15.6. The van der Waals surface area contributed by atoms with Crippen LogP contribution in [0.5, 0.6) is 17.2 Å². The van der Waals surface area contributed by atoms with Gasteiger partial charge in [0.25, 0.3) is 0 Å². The molecule has 0 saturated heterocycles. The maximum atomic E-state index is 5.33. The van der Waals surface area contributed by atoms with Gasteiger partial charge in [-0.05, 0) is 47.5 Å². The molecule has 4 rings (SSSR count). The second-order valence-corrected chi connectivity index (χ2v) is 6.90. The number of benzene rings is 2. The van der Waals surface area contributed by atoms with E-state index in [2.05, 4.69) is 17.1 Å². The molecule has 1 aromatic heterocycles. The predicted molar refractivity (Wildman–Crippen MR) is 104 cm³/mol. The van der Waals surface area contributed by atoms with E-state index in [1.807, 2.05) is 24.3 Å². The van der Waals surface area contributed by atoms with Gasteiger partial charge >= 0.3 is 0 Å². The van der Waals surface area contributed by atoms with E-state index in [1.54, 1.807) is 38.9 Å². The van der Waals surface area contributed by atoms with Crippen molar-refractivity contribution in [2.24, 2.45) is 4.99 Å². The molecule has 0 atom stereocenters. The summed E-state index contributed by atoms with van der Waals surface area (Å²) in [6, 6.07) is 11.8. The zero-order chi connectivity index (χ0) is 18.1. The maximum absolute atomic E-state index is 5.33. The molecule has 0 spiro atoms. The molecular formula is C20H18N2O3S. The first-order valence-electron chi connectivity index (χ1n) is 8.15. The minimum atomic E-state index is 0.681. The zero-order valence-electron chi connectivity index (χ0n) is 14.8. The van der Waals surface area contributed by atoms with Gasteiger partial charge in [-0.15, -0.1) is 0 Å². The van der Waals surface area contributed by atoms with Crippen molar-refractivity contribution < 1.29 is 14.2 Å². The van der Waals surface area contributed by atoms with Crippen LogP contribution in [0, 0.1) is 0 Å². The highest BCUT2D eigenvalue weighted by molar-refractivity contribution is 7.15. The Labute approximate surface area is 155 Å². The summed E-state index contributed by atoms with van der Waals surface area (Å²) in [5.74, 6) is 2.26. The first-order chi connectivity index (χ1) is 12.7. The standard InChI is InChI=1S/C20H18N2O3S/c1-23-14-5-6-15-13(9-14)10-18-19(15)22-20(26-18)21-11-12-4-7-16(24-2)17(8-12)25-3/h4-9,11H,10H2,1-3H3. The van der Waals surface area contributed by atoms with Crippen molar-refractivity contribution in [2.45, 2.75) is 6.42 Å². The SMILES string of the molecule is COc1ccc2c(c1)Cc1sc(N=Cc3ccc(OC)c(OC)c3)nc1-2. The van der Waals surface area contributed by atoms with Crippen molar-refractivity contribution in [1.82, 2.24) is 4.98 Å². The fraction of sp³-hybridized carbons (Fsp3) is 0.200. The van der Waals surface area contributed by atoms with Crippen LogP contribution in [0.15, 0.2) is 41.4 Å². The van der Waals surface area contributed by atoms with Crippen molar-refractivity contribution in [3.8, 4) is 28.5 Å². The van der Waals surface area contributed by atoms with Crippen LogP contribution in [-0.2, 0) is 6.42 Å². The lowest BCUT2D eigenvalue weighted by Crippen LogP contribution is -1.91. The summed E-state index contributed by atoms with van der Waals surface area (Å²) in [6.45, 7) is 0. The summed E-state index contributed by atoms with van der Waals surface area (Å²) >= 11 is 1.62. The van der Waals surface area contributed by atoms with Gasteiger partial charge in [-0.2, -0.15) is 0 Å². The number of rotatable bonds is 5. The van der Waals surface area contributed by atoms with Gasteiger partial charge in [-0.3, -0.25) is 0 Å². The average molecular weight is 366 g/mol. The number of fused-ring (bicyclic) bond motifs is 3. The Morgan fingerprint density at radius 1 is 1.00 bits per heavy atom. The van der Waals surface area contributed by atoms with E-state index in [9.17, 15) is 0 Å². The number of aliphatic imine (C=N–C) groups is 1. The summed E-state index contributed by atoms with van der Waals surface area (Å²) in [5.41, 5.74) is 4.40. The minimum absolute atomic E-state index is 0.681. The number of thiazole rings is 1. The molecule has 0 saturated carbocycles. The van der Waals surface area contributed by atoms with Gasteiger partial charge in [-0.1, -0.05) is 11.3 Å². The molecule has 0 unspecified atom stereocenters. The monoisotopic (exact) mass is 366 g/mol. The van der Waals surface area contributed by atoms with Gasteiger partial charge in [0, 0.05) is 23.1 Å². The third-order valence-corrected chi connectivity index (χ3v) is 5.30. The van der Waals surface area contributed by atoms with Crippen LogP contribution in [0.3, 0.4) is 0 Å². The molecule has 1 aliphatic carbocycles. The highest BCUT2D eigenvalue weighted by Gasteiger charge is 2.23. The number of hydrogen-bond acceptors (Lipinski definition) is 6. The number of nitrogens with zero attached hydrogens (tertiary/aromatic N) is 2. The van der Waals surface area contributed by atoms with Crippen molar-refractivity contribution in [3.05, 3.63) is 52.4 Å². The summed E-state index contributed by atoms with van der Waals surface area (Å²) in [6.07, 6.45) is 2.68. The van der Waals surface area contributed by atoms with Crippen LogP contribution in [0.4, 0.5) is 5.13 Å². The van der Waals surface area contributed by atoms with Crippen LogP contribution in [0.1, 0.15) is 16.0 Å². The van der Waals surface area contributed by atoms with Gasteiger partial charge in [0.05, 0.1) is 27.0 Å². The molecule has 1 aliphatic rings. The quantitative estimate of drug-likeness (QED) is 0.488. The molecule has 5 nitrogen and oxygen atoms in total. The molecule has 6 heteroatoms. The number of ether oxygens (including phenoxy) is 3. The van der Waals surface area contributed by atoms with Crippen LogP contribution < -0.4 is 14.2 Å². The summed E-state index contributed by atoms with van der Waals surface area (Å²) in [7, 11) is 4.93. The fourth-order valence-electron chi connectivity index (χ4n) is 3.03. The highest BCUT2D eigenvalue weighted by atomic mass is 32.1. The molecule has 0 aliphatic heterocycles. The normalized spacial score (nSPS) is 12.1. The first-order valence-corrected chi connectivity index (χ1v) is 8.96. The number of methoxy groups -OCH3 is 3. The van der Waals surface area contributed by atoms with E-state index in [0.717, 1.165) is 28.6 Å². The molecule has 132 valence electrons. The largest absolute Gasteiger partial charge is 0.497 e. The summed E-state index contributed by atoms with van der Waals surface area (Å²) in [5, 5.41) is 0.756. The summed E-state index contributed by atoms with van der Waals surface area (Å²) < 4.78 is 15.9. The second kappa shape index (κ2) is 6.80. The molecule has 0 radical (unpaired) electrons. The Morgan fingerprint density at radius 2 is 1.85 bits per heavy atom. The van der Waals surface area contributed by atoms with E-state index >= 15 is 0 Å². The fourth-order valence-corrected chi connectivity index (χ4v) is 3.98. The molecule has 0 bridgehead atoms.